The van der Waals surface area contributed by atoms with Gasteiger partial charge in [-0.05, 0) is 26.3 Å². The van der Waals surface area contributed by atoms with E-state index >= 15 is 0 Å². The Morgan fingerprint density at radius 1 is 1.28 bits per heavy atom. The van der Waals surface area contributed by atoms with E-state index in [1.165, 1.54) is 4.88 Å². The second kappa shape index (κ2) is 5.50. The lowest BCUT2D eigenvalue weighted by Gasteiger charge is -2.11. The van der Waals surface area contributed by atoms with Crippen molar-refractivity contribution >= 4 is 11.3 Å². The molecule has 0 fully saturated rings. The fraction of sp³-hybridized carbons (Fsp3) is 0.357. The molecule has 2 aromatic rings. The molecule has 4 heteroatoms. The Morgan fingerprint density at radius 3 is 2.67 bits per heavy atom. The zero-order valence-electron chi connectivity index (χ0n) is 10.9. The van der Waals surface area contributed by atoms with Gasteiger partial charge in [0.1, 0.15) is 17.4 Å². The summed E-state index contributed by atoms with van der Waals surface area (Å²) in [7, 11) is 0. The summed E-state index contributed by atoms with van der Waals surface area (Å²) in [4.78, 5) is 5.66. The first-order chi connectivity index (χ1) is 8.61. The maximum absolute atomic E-state index is 9.30. The van der Waals surface area contributed by atoms with Crippen molar-refractivity contribution < 1.29 is 9.84 Å². The van der Waals surface area contributed by atoms with Crippen molar-refractivity contribution in [1.82, 2.24) is 4.98 Å². The lowest BCUT2D eigenvalue weighted by Crippen LogP contribution is -2.00. The van der Waals surface area contributed by atoms with Crippen LogP contribution in [-0.2, 0) is 13.2 Å². The Kier molecular flexibility index (Phi) is 3.99. The van der Waals surface area contributed by atoms with Gasteiger partial charge in [0.25, 0.3) is 0 Å². The van der Waals surface area contributed by atoms with Crippen molar-refractivity contribution in [2.24, 2.45) is 0 Å². The molecule has 0 spiro atoms. The molecule has 96 valence electrons. The van der Waals surface area contributed by atoms with Crippen LogP contribution in [0.3, 0.4) is 0 Å². The molecule has 1 aromatic heterocycles. The second-order valence-electron chi connectivity index (χ2n) is 4.26. The highest BCUT2D eigenvalue weighted by Gasteiger charge is 2.09. The van der Waals surface area contributed by atoms with Crippen LogP contribution in [0.25, 0.3) is 0 Å². The number of para-hydroxylation sites is 1. The van der Waals surface area contributed by atoms with Crippen LogP contribution >= 0.6 is 11.3 Å². The molecule has 0 saturated heterocycles. The number of nitrogens with zero attached hydrogens (tertiary/aromatic N) is 1. The van der Waals surface area contributed by atoms with E-state index in [4.69, 9.17) is 4.74 Å². The molecular weight excluding hydrogens is 246 g/mol. The Balaban J connectivity index is 2.15. The molecule has 0 amide bonds. The number of hydrogen-bond acceptors (Lipinski definition) is 4. The van der Waals surface area contributed by atoms with Crippen LogP contribution in [0.15, 0.2) is 18.2 Å². The van der Waals surface area contributed by atoms with Gasteiger partial charge in [0.05, 0.1) is 12.3 Å². The Hall–Kier alpha value is -1.39. The van der Waals surface area contributed by atoms with E-state index < -0.39 is 0 Å². The quantitative estimate of drug-likeness (QED) is 0.921. The molecular formula is C14H17NO2S. The van der Waals surface area contributed by atoms with Gasteiger partial charge in [0.2, 0.25) is 0 Å². The molecule has 0 radical (unpaired) electrons. The van der Waals surface area contributed by atoms with Gasteiger partial charge in [-0.15, -0.1) is 11.3 Å². The number of rotatable bonds is 4. The summed E-state index contributed by atoms with van der Waals surface area (Å²) < 4.78 is 5.80. The van der Waals surface area contributed by atoms with Crippen molar-refractivity contribution in [1.29, 1.82) is 0 Å². The smallest absolute Gasteiger partial charge is 0.140 e. The average Bonchev–Trinajstić information content (AvgIpc) is 2.67. The maximum Gasteiger partial charge on any atom is 0.140 e. The summed E-state index contributed by atoms with van der Waals surface area (Å²) in [5.74, 6) is 0.769. The number of hydrogen-bond donors (Lipinski definition) is 1. The van der Waals surface area contributed by atoms with Crippen molar-refractivity contribution in [3.8, 4) is 5.75 Å². The van der Waals surface area contributed by atoms with Crippen LogP contribution in [0.4, 0.5) is 0 Å². The van der Waals surface area contributed by atoms with E-state index in [9.17, 15) is 5.11 Å². The van der Waals surface area contributed by atoms with E-state index in [1.54, 1.807) is 11.3 Å². The zero-order chi connectivity index (χ0) is 13.1. The molecule has 1 N–H and O–H groups in total. The molecule has 0 aliphatic carbocycles. The molecule has 0 unspecified atom stereocenters. The number of aliphatic hydroxyl groups excluding tert-OH is 1. The number of aliphatic hydroxyl groups is 1. The third-order valence-electron chi connectivity index (χ3n) is 2.88. The van der Waals surface area contributed by atoms with Crippen LogP contribution < -0.4 is 4.74 Å². The SMILES string of the molecule is Cc1cccc(CO)c1OCc1nc(C)c(C)s1. The van der Waals surface area contributed by atoms with Crippen LogP contribution in [0.1, 0.15) is 26.7 Å². The summed E-state index contributed by atoms with van der Waals surface area (Å²) in [5.41, 5.74) is 2.91. The molecule has 1 aromatic carbocycles. The van der Waals surface area contributed by atoms with Crippen molar-refractivity contribution in [2.45, 2.75) is 34.0 Å². The molecule has 2 rings (SSSR count). The van der Waals surface area contributed by atoms with E-state index in [1.807, 2.05) is 32.0 Å². The predicted molar refractivity (Wildman–Crippen MR) is 73.0 cm³/mol. The Morgan fingerprint density at radius 2 is 2.06 bits per heavy atom. The molecule has 3 nitrogen and oxygen atoms in total. The number of aromatic nitrogens is 1. The van der Waals surface area contributed by atoms with E-state index in [0.29, 0.717) is 6.61 Å². The van der Waals surface area contributed by atoms with Crippen LogP contribution in [0.2, 0.25) is 0 Å². The summed E-state index contributed by atoms with van der Waals surface area (Å²) in [6, 6.07) is 5.78. The van der Waals surface area contributed by atoms with Gasteiger partial charge in [-0.1, -0.05) is 18.2 Å². The zero-order valence-corrected chi connectivity index (χ0v) is 11.7. The maximum atomic E-state index is 9.30. The van der Waals surface area contributed by atoms with E-state index in [-0.39, 0.29) is 6.61 Å². The Bertz CT molecular complexity index is 529. The van der Waals surface area contributed by atoms with Crippen molar-refractivity contribution in [2.75, 3.05) is 0 Å². The van der Waals surface area contributed by atoms with Crippen LogP contribution in [0, 0.1) is 20.8 Å². The molecule has 1 heterocycles. The predicted octanol–water partition coefficient (Wildman–Crippen LogP) is 3.14. The highest BCUT2D eigenvalue weighted by atomic mass is 32.1. The van der Waals surface area contributed by atoms with Gasteiger partial charge < -0.3 is 9.84 Å². The fourth-order valence-electron chi connectivity index (χ4n) is 1.78. The lowest BCUT2D eigenvalue weighted by molar-refractivity contribution is 0.258. The average molecular weight is 263 g/mol. The first kappa shape index (κ1) is 13.1. The summed E-state index contributed by atoms with van der Waals surface area (Å²) in [6.07, 6.45) is 0. The molecule has 0 aliphatic rings. The van der Waals surface area contributed by atoms with Gasteiger partial charge in [0, 0.05) is 10.4 Å². The number of benzene rings is 1. The fourth-order valence-corrected chi connectivity index (χ4v) is 2.63. The van der Waals surface area contributed by atoms with Gasteiger partial charge in [-0.25, -0.2) is 4.98 Å². The Labute approximate surface area is 111 Å². The molecule has 18 heavy (non-hydrogen) atoms. The lowest BCUT2D eigenvalue weighted by atomic mass is 10.1. The van der Waals surface area contributed by atoms with Crippen LogP contribution in [-0.4, -0.2) is 10.1 Å². The van der Waals surface area contributed by atoms with E-state index in [2.05, 4.69) is 11.9 Å². The minimum Gasteiger partial charge on any atom is -0.486 e. The second-order valence-corrected chi connectivity index (χ2v) is 5.55. The molecule has 0 aliphatic heterocycles. The number of aryl methyl sites for hydroxylation is 3. The largest absolute Gasteiger partial charge is 0.486 e. The normalized spacial score (nSPS) is 10.7. The van der Waals surface area contributed by atoms with E-state index in [0.717, 1.165) is 27.6 Å². The van der Waals surface area contributed by atoms with Gasteiger partial charge in [-0.3, -0.25) is 0 Å². The summed E-state index contributed by atoms with van der Waals surface area (Å²) in [5, 5.41) is 10.3. The molecule has 0 atom stereocenters. The number of ether oxygens (including phenoxy) is 1. The number of thiazole rings is 1. The summed E-state index contributed by atoms with van der Waals surface area (Å²) >= 11 is 1.65. The van der Waals surface area contributed by atoms with Gasteiger partial charge in [0.15, 0.2) is 0 Å². The molecule has 0 saturated carbocycles. The third-order valence-corrected chi connectivity index (χ3v) is 3.92. The van der Waals surface area contributed by atoms with Crippen molar-refractivity contribution in [3.63, 3.8) is 0 Å². The first-order valence-corrected chi connectivity index (χ1v) is 6.68. The topological polar surface area (TPSA) is 42.4 Å². The van der Waals surface area contributed by atoms with Crippen LogP contribution in [0.5, 0.6) is 5.75 Å². The van der Waals surface area contributed by atoms with Gasteiger partial charge >= 0.3 is 0 Å². The minimum atomic E-state index is -0.00701. The highest BCUT2D eigenvalue weighted by molar-refractivity contribution is 7.11. The highest BCUT2D eigenvalue weighted by Crippen LogP contribution is 2.25. The summed E-state index contributed by atoms with van der Waals surface area (Å²) in [6.45, 7) is 6.49. The third kappa shape index (κ3) is 2.71. The van der Waals surface area contributed by atoms with Crippen molar-refractivity contribution in [3.05, 3.63) is 44.9 Å². The standard InChI is InChI=1S/C14H17NO2S/c1-9-5-4-6-12(7-16)14(9)17-8-13-15-10(2)11(3)18-13/h4-6,16H,7-8H2,1-3H3. The minimum absolute atomic E-state index is 0.00701. The van der Waals surface area contributed by atoms with Gasteiger partial charge in [-0.2, -0.15) is 0 Å². The first-order valence-electron chi connectivity index (χ1n) is 5.87. The monoisotopic (exact) mass is 263 g/mol. The molecule has 0 bridgehead atoms.